The Morgan fingerprint density at radius 3 is 2.73 bits per heavy atom. The number of rotatable bonds is 3. The summed E-state index contributed by atoms with van der Waals surface area (Å²) in [4.78, 5) is 11.1. The van der Waals surface area contributed by atoms with Crippen LogP contribution in [0.1, 0.15) is 30.2 Å². The molecule has 0 spiro atoms. The summed E-state index contributed by atoms with van der Waals surface area (Å²) in [6.45, 7) is 2.90. The summed E-state index contributed by atoms with van der Waals surface area (Å²) in [5.41, 5.74) is -0.0648. The number of alkyl halides is 1. The first kappa shape index (κ1) is 11.5. The van der Waals surface area contributed by atoms with Gasteiger partial charge in [0.2, 0.25) is 5.88 Å². The third-order valence-electron chi connectivity index (χ3n) is 2.22. The summed E-state index contributed by atoms with van der Waals surface area (Å²) in [6.07, 6.45) is -0.0265. The van der Waals surface area contributed by atoms with E-state index in [0.29, 0.717) is 0 Å². The average Bonchev–Trinajstić information content (AvgIpc) is 2.57. The third kappa shape index (κ3) is 2.08. The Morgan fingerprint density at radius 1 is 1.67 bits per heavy atom. The van der Waals surface area contributed by atoms with Crippen molar-refractivity contribution < 1.29 is 19.0 Å². The Labute approximate surface area is 86.5 Å². The van der Waals surface area contributed by atoms with E-state index in [-0.39, 0.29) is 11.4 Å². The molecule has 0 bridgehead atoms. The maximum absolute atomic E-state index is 13.0. The van der Waals surface area contributed by atoms with Gasteiger partial charge in [0, 0.05) is 0 Å². The van der Waals surface area contributed by atoms with Crippen LogP contribution < -0.4 is 0 Å². The lowest BCUT2D eigenvalue weighted by atomic mass is 10.2. The minimum absolute atomic E-state index is 0.0648. The van der Waals surface area contributed by atoms with Crippen LogP contribution in [0.3, 0.4) is 0 Å². The van der Waals surface area contributed by atoms with E-state index >= 15 is 0 Å². The van der Waals surface area contributed by atoms with Crippen molar-refractivity contribution in [3.63, 3.8) is 0 Å². The normalized spacial score (nSPS) is 14.7. The molecule has 15 heavy (non-hydrogen) atoms. The van der Waals surface area contributed by atoms with E-state index in [9.17, 15) is 14.3 Å². The monoisotopic (exact) mass is 216 g/mol. The number of hydrogen-bond donors (Lipinski definition) is 1. The Bertz CT molecular complexity index is 362. The Morgan fingerprint density at radius 2 is 2.27 bits per heavy atom. The van der Waals surface area contributed by atoms with Crippen LogP contribution in [-0.2, 0) is 4.74 Å². The van der Waals surface area contributed by atoms with Crippen LogP contribution in [0.5, 0.6) is 5.88 Å². The zero-order valence-corrected chi connectivity index (χ0v) is 8.77. The Hall–Kier alpha value is -1.59. The van der Waals surface area contributed by atoms with Crippen LogP contribution in [0.4, 0.5) is 4.39 Å². The van der Waals surface area contributed by atoms with Crippen molar-refractivity contribution in [1.29, 1.82) is 0 Å². The van der Waals surface area contributed by atoms with E-state index in [1.165, 1.54) is 14.0 Å². The molecule has 1 aromatic rings. The van der Waals surface area contributed by atoms with Gasteiger partial charge in [0.15, 0.2) is 0 Å². The minimum Gasteiger partial charge on any atom is -0.493 e. The average molecular weight is 216 g/mol. The second kappa shape index (κ2) is 4.29. The van der Waals surface area contributed by atoms with Gasteiger partial charge in [0.1, 0.15) is 11.7 Å². The molecule has 0 aliphatic heterocycles. The third-order valence-corrected chi connectivity index (χ3v) is 2.22. The second-order valence-corrected chi connectivity index (χ2v) is 3.24. The molecule has 1 aromatic heterocycles. The van der Waals surface area contributed by atoms with Gasteiger partial charge in [-0.05, 0) is 13.8 Å². The van der Waals surface area contributed by atoms with Gasteiger partial charge < -0.3 is 9.84 Å². The van der Waals surface area contributed by atoms with E-state index in [2.05, 4.69) is 9.84 Å². The molecule has 6 heteroatoms. The fourth-order valence-corrected chi connectivity index (χ4v) is 1.10. The number of carbonyl (C=O) groups is 1. The van der Waals surface area contributed by atoms with E-state index in [1.54, 1.807) is 6.92 Å². The number of nitrogens with zero attached hydrogens (tertiary/aromatic N) is 2. The standard InChI is InChI=1S/C9H13FN2O3/c1-5(10)6(2)12-8(13)7(4-11-12)9(14)15-3/h4-6,13H,1-3H3/t5-,6?/m0/s1. The van der Waals surface area contributed by atoms with Crippen molar-refractivity contribution in [2.75, 3.05) is 7.11 Å². The highest BCUT2D eigenvalue weighted by Crippen LogP contribution is 2.24. The quantitative estimate of drug-likeness (QED) is 0.773. The highest BCUT2D eigenvalue weighted by molar-refractivity contribution is 5.91. The summed E-state index contributed by atoms with van der Waals surface area (Å²) in [7, 11) is 1.19. The van der Waals surface area contributed by atoms with E-state index in [0.717, 1.165) is 10.9 Å². The van der Waals surface area contributed by atoms with Crippen molar-refractivity contribution in [2.45, 2.75) is 26.1 Å². The van der Waals surface area contributed by atoms with Gasteiger partial charge in [-0.25, -0.2) is 13.9 Å². The highest BCUT2D eigenvalue weighted by atomic mass is 19.1. The van der Waals surface area contributed by atoms with Crippen molar-refractivity contribution in [3.05, 3.63) is 11.8 Å². The topological polar surface area (TPSA) is 64.3 Å². The molecule has 0 saturated carbocycles. The first-order chi connectivity index (χ1) is 6.99. The summed E-state index contributed by atoms with van der Waals surface area (Å²) < 4.78 is 18.4. The van der Waals surface area contributed by atoms with E-state index in [1.807, 2.05) is 0 Å². The molecule has 0 aliphatic rings. The van der Waals surface area contributed by atoms with Gasteiger partial charge in [-0.15, -0.1) is 0 Å². The molecule has 2 atom stereocenters. The van der Waals surface area contributed by atoms with Crippen LogP contribution in [0.15, 0.2) is 6.20 Å². The summed E-state index contributed by atoms with van der Waals surface area (Å²) in [5, 5.41) is 13.3. The molecule has 1 N–H and O–H groups in total. The summed E-state index contributed by atoms with van der Waals surface area (Å²) in [6, 6.07) is -0.636. The van der Waals surface area contributed by atoms with Crippen LogP contribution >= 0.6 is 0 Å². The number of aromatic hydroxyl groups is 1. The molecule has 1 rings (SSSR count). The summed E-state index contributed by atoms with van der Waals surface area (Å²) >= 11 is 0. The minimum atomic E-state index is -1.18. The van der Waals surface area contributed by atoms with Gasteiger partial charge in [0.25, 0.3) is 0 Å². The molecular weight excluding hydrogens is 203 g/mol. The number of halogens is 1. The van der Waals surface area contributed by atoms with Crippen LogP contribution in [0.2, 0.25) is 0 Å². The fraction of sp³-hybridized carbons (Fsp3) is 0.556. The zero-order chi connectivity index (χ0) is 11.6. The van der Waals surface area contributed by atoms with Gasteiger partial charge in [-0.1, -0.05) is 0 Å². The highest BCUT2D eigenvalue weighted by Gasteiger charge is 2.22. The second-order valence-electron chi connectivity index (χ2n) is 3.24. The molecule has 0 amide bonds. The van der Waals surface area contributed by atoms with Crippen LogP contribution in [0.25, 0.3) is 0 Å². The maximum Gasteiger partial charge on any atom is 0.345 e. The lowest BCUT2D eigenvalue weighted by Gasteiger charge is -2.13. The molecule has 1 unspecified atom stereocenters. The largest absolute Gasteiger partial charge is 0.493 e. The van der Waals surface area contributed by atoms with Gasteiger partial charge in [0.05, 0.1) is 19.3 Å². The van der Waals surface area contributed by atoms with Crippen LogP contribution in [0, 0.1) is 0 Å². The molecule has 0 aromatic carbocycles. The lowest BCUT2D eigenvalue weighted by Crippen LogP contribution is -2.15. The van der Waals surface area contributed by atoms with Crippen LogP contribution in [-0.4, -0.2) is 34.1 Å². The van der Waals surface area contributed by atoms with Crippen molar-refractivity contribution in [1.82, 2.24) is 9.78 Å². The number of methoxy groups -OCH3 is 1. The van der Waals surface area contributed by atoms with Gasteiger partial charge in [-0.2, -0.15) is 5.10 Å². The summed E-state index contributed by atoms with van der Waals surface area (Å²) in [5.74, 6) is -1.07. The maximum atomic E-state index is 13.0. The Kier molecular flexibility index (Phi) is 3.28. The number of esters is 1. The molecule has 1 heterocycles. The van der Waals surface area contributed by atoms with Crippen molar-refractivity contribution in [3.8, 4) is 5.88 Å². The molecule has 0 aliphatic carbocycles. The van der Waals surface area contributed by atoms with Gasteiger partial charge >= 0.3 is 5.97 Å². The molecule has 5 nitrogen and oxygen atoms in total. The number of aromatic nitrogens is 2. The Balaban J connectivity index is 3.04. The molecule has 0 fully saturated rings. The fourth-order valence-electron chi connectivity index (χ4n) is 1.10. The van der Waals surface area contributed by atoms with Crippen molar-refractivity contribution in [2.24, 2.45) is 0 Å². The lowest BCUT2D eigenvalue weighted by molar-refractivity contribution is 0.0596. The zero-order valence-electron chi connectivity index (χ0n) is 8.77. The molecule has 0 saturated heterocycles. The van der Waals surface area contributed by atoms with E-state index < -0.39 is 18.2 Å². The number of ether oxygens (including phenoxy) is 1. The molecule has 84 valence electrons. The molecular formula is C9H13FN2O3. The smallest absolute Gasteiger partial charge is 0.345 e. The van der Waals surface area contributed by atoms with Crippen molar-refractivity contribution >= 4 is 5.97 Å². The predicted molar refractivity (Wildman–Crippen MR) is 50.5 cm³/mol. The first-order valence-corrected chi connectivity index (χ1v) is 4.48. The van der Waals surface area contributed by atoms with Gasteiger partial charge in [-0.3, -0.25) is 0 Å². The number of hydrogen-bond acceptors (Lipinski definition) is 4. The number of carbonyl (C=O) groups excluding carboxylic acids is 1. The predicted octanol–water partition coefficient (Wildman–Crippen LogP) is 1.29. The van der Waals surface area contributed by atoms with E-state index in [4.69, 9.17) is 0 Å². The SMILES string of the molecule is COC(=O)c1cnn(C(C)[C@H](C)F)c1O. The first-order valence-electron chi connectivity index (χ1n) is 4.48. The molecule has 0 radical (unpaired) electrons.